The van der Waals surface area contributed by atoms with Crippen LogP contribution >= 0.6 is 0 Å². The van der Waals surface area contributed by atoms with Gasteiger partial charge in [0.25, 0.3) is 5.91 Å². The van der Waals surface area contributed by atoms with Gasteiger partial charge in [-0.2, -0.15) is 0 Å². The first-order chi connectivity index (χ1) is 15.9. The standard InChI is InChI=1S/C25H28N4O4/c1-25(19-6-5-17-3-2-4-18(17)15-19)23(31)29(24(32)27-25)16-22(30)26-20-7-9-21(10-8-20)28-11-13-33-14-12-28/h5-10,15H,2-4,11-14,16H2,1H3,(H,26,30)(H,27,32)/t25-/m1/s1. The molecule has 8 heteroatoms. The second-order valence-corrected chi connectivity index (χ2v) is 8.98. The van der Waals surface area contributed by atoms with Gasteiger partial charge in [-0.3, -0.25) is 14.5 Å². The van der Waals surface area contributed by atoms with E-state index in [-0.39, 0.29) is 6.54 Å². The number of morpholine rings is 1. The van der Waals surface area contributed by atoms with Crippen molar-refractivity contribution in [3.05, 3.63) is 59.2 Å². The number of nitrogens with one attached hydrogen (secondary N) is 2. The van der Waals surface area contributed by atoms with E-state index >= 15 is 0 Å². The Kier molecular flexibility index (Phi) is 5.54. The Bertz CT molecular complexity index is 1090. The maximum atomic E-state index is 13.2. The molecule has 4 amide bonds. The van der Waals surface area contributed by atoms with Crippen LogP contribution in [0.3, 0.4) is 0 Å². The van der Waals surface area contributed by atoms with Crippen LogP contribution in [0.2, 0.25) is 0 Å². The molecule has 2 aromatic carbocycles. The minimum Gasteiger partial charge on any atom is -0.378 e. The lowest BCUT2D eigenvalue weighted by Gasteiger charge is -2.28. The number of amides is 4. The number of anilines is 2. The minimum absolute atomic E-state index is 0.337. The minimum atomic E-state index is -1.17. The predicted molar refractivity (Wildman–Crippen MR) is 124 cm³/mol. The average molecular weight is 449 g/mol. The molecule has 0 spiro atoms. The van der Waals surface area contributed by atoms with Crippen LogP contribution < -0.4 is 15.5 Å². The zero-order valence-corrected chi connectivity index (χ0v) is 18.7. The van der Waals surface area contributed by atoms with Crippen molar-refractivity contribution in [2.45, 2.75) is 31.7 Å². The number of carbonyl (C=O) groups is 3. The van der Waals surface area contributed by atoms with Crippen molar-refractivity contribution in [3.8, 4) is 0 Å². The molecule has 2 saturated heterocycles. The predicted octanol–water partition coefficient (Wildman–Crippen LogP) is 2.42. The summed E-state index contributed by atoms with van der Waals surface area (Å²) in [5, 5.41) is 5.58. The molecule has 0 bridgehead atoms. The van der Waals surface area contributed by atoms with Crippen molar-refractivity contribution >= 4 is 29.2 Å². The Morgan fingerprint density at radius 3 is 2.55 bits per heavy atom. The lowest BCUT2D eigenvalue weighted by molar-refractivity contribution is -0.133. The SMILES string of the molecule is C[C@]1(c2ccc3c(c2)CCC3)NC(=O)N(CC(=O)Nc2ccc(N3CCOCC3)cc2)C1=O. The number of rotatable bonds is 5. The summed E-state index contributed by atoms with van der Waals surface area (Å²) in [5.74, 6) is -0.834. The fourth-order valence-corrected chi connectivity index (χ4v) is 4.84. The van der Waals surface area contributed by atoms with Gasteiger partial charge in [0.1, 0.15) is 12.1 Å². The summed E-state index contributed by atoms with van der Waals surface area (Å²) in [4.78, 5) is 41.7. The smallest absolute Gasteiger partial charge is 0.325 e. The highest BCUT2D eigenvalue weighted by molar-refractivity contribution is 6.10. The van der Waals surface area contributed by atoms with Crippen molar-refractivity contribution < 1.29 is 19.1 Å². The van der Waals surface area contributed by atoms with Crippen molar-refractivity contribution in [2.75, 3.05) is 43.1 Å². The van der Waals surface area contributed by atoms with Gasteiger partial charge >= 0.3 is 6.03 Å². The second kappa shape index (κ2) is 8.51. The quantitative estimate of drug-likeness (QED) is 0.686. The van der Waals surface area contributed by atoms with Crippen LogP contribution in [0, 0.1) is 0 Å². The van der Waals surface area contributed by atoms with Gasteiger partial charge in [0, 0.05) is 24.5 Å². The lowest BCUT2D eigenvalue weighted by atomic mass is 9.89. The number of ether oxygens (including phenoxy) is 1. The molecule has 0 aromatic heterocycles. The molecule has 0 unspecified atom stereocenters. The fraction of sp³-hybridized carbons (Fsp3) is 0.400. The maximum absolute atomic E-state index is 13.2. The highest BCUT2D eigenvalue weighted by Gasteiger charge is 2.49. The van der Waals surface area contributed by atoms with Gasteiger partial charge in [0.2, 0.25) is 5.91 Å². The molecule has 1 aliphatic carbocycles. The molecule has 5 rings (SSSR count). The Labute approximate surface area is 192 Å². The van der Waals surface area contributed by atoms with Gasteiger partial charge < -0.3 is 20.3 Å². The van der Waals surface area contributed by atoms with Gasteiger partial charge in [-0.15, -0.1) is 0 Å². The van der Waals surface area contributed by atoms with E-state index in [4.69, 9.17) is 4.74 Å². The number of nitrogens with zero attached hydrogens (tertiary/aromatic N) is 2. The molecule has 2 N–H and O–H groups in total. The average Bonchev–Trinajstić information content (AvgIpc) is 3.38. The molecular weight excluding hydrogens is 420 g/mol. The summed E-state index contributed by atoms with van der Waals surface area (Å²) < 4.78 is 5.38. The molecule has 172 valence electrons. The van der Waals surface area contributed by atoms with E-state index in [0.717, 1.165) is 48.5 Å². The summed E-state index contributed by atoms with van der Waals surface area (Å²) in [6.45, 7) is 4.44. The topological polar surface area (TPSA) is 91.0 Å². The van der Waals surface area contributed by atoms with Gasteiger partial charge in [0.05, 0.1) is 13.2 Å². The number of benzene rings is 2. The Morgan fingerprint density at radius 2 is 1.79 bits per heavy atom. The van der Waals surface area contributed by atoms with Crippen LogP contribution in [0.4, 0.5) is 16.2 Å². The molecule has 2 aromatic rings. The van der Waals surface area contributed by atoms with Crippen LogP contribution in [0.1, 0.15) is 30.0 Å². The van der Waals surface area contributed by atoms with Gasteiger partial charge in [-0.05, 0) is 67.1 Å². The monoisotopic (exact) mass is 448 g/mol. The number of carbonyl (C=O) groups excluding carboxylic acids is 3. The zero-order chi connectivity index (χ0) is 23.0. The second-order valence-electron chi connectivity index (χ2n) is 8.98. The number of aryl methyl sites for hydroxylation is 2. The summed E-state index contributed by atoms with van der Waals surface area (Å²) in [5.41, 5.74) is 3.79. The van der Waals surface area contributed by atoms with E-state index in [2.05, 4.69) is 15.5 Å². The molecular formula is C25H28N4O4. The third-order valence-corrected chi connectivity index (χ3v) is 6.78. The first kappa shape index (κ1) is 21.5. The van der Waals surface area contributed by atoms with Gasteiger partial charge in [-0.1, -0.05) is 18.2 Å². The van der Waals surface area contributed by atoms with E-state index in [1.807, 2.05) is 42.5 Å². The van der Waals surface area contributed by atoms with Crippen molar-refractivity contribution in [2.24, 2.45) is 0 Å². The lowest BCUT2D eigenvalue weighted by Crippen LogP contribution is -2.42. The number of hydrogen-bond donors (Lipinski definition) is 2. The summed E-state index contributed by atoms with van der Waals surface area (Å²) in [7, 11) is 0. The molecule has 0 saturated carbocycles. The molecule has 2 fully saturated rings. The van der Waals surface area contributed by atoms with Crippen LogP contribution in [-0.2, 0) is 32.7 Å². The van der Waals surface area contributed by atoms with Gasteiger partial charge in [-0.25, -0.2) is 4.79 Å². The number of urea groups is 1. The Balaban J connectivity index is 1.24. The molecule has 8 nitrogen and oxygen atoms in total. The molecule has 0 radical (unpaired) electrons. The van der Waals surface area contributed by atoms with Crippen LogP contribution in [-0.4, -0.2) is 55.6 Å². The van der Waals surface area contributed by atoms with Crippen LogP contribution in [0.5, 0.6) is 0 Å². The summed E-state index contributed by atoms with van der Waals surface area (Å²) in [6.07, 6.45) is 3.14. The van der Waals surface area contributed by atoms with Crippen LogP contribution in [0.25, 0.3) is 0 Å². The maximum Gasteiger partial charge on any atom is 0.325 e. The molecule has 2 heterocycles. The van der Waals surface area contributed by atoms with Crippen molar-refractivity contribution in [1.82, 2.24) is 10.2 Å². The fourth-order valence-electron chi connectivity index (χ4n) is 4.84. The Morgan fingerprint density at radius 1 is 1.06 bits per heavy atom. The molecule has 1 atom stereocenters. The number of fused-ring (bicyclic) bond motifs is 1. The molecule has 2 aliphatic heterocycles. The summed E-state index contributed by atoms with van der Waals surface area (Å²) in [6, 6.07) is 12.9. The first-order valence-corrected chi connectivity index (χ1v) is 11.4. The van der Waals surface area contributed by atoms with Crippen molar-refractivity contribution in [3.63, 3.8) is 0 Å². The van der Waals surface area contributed by atoms with Crippen LogP contribution in [0.15, 0.2) is 42.5 Å². The highest BCUT2D eigenvalue weighted by atomic mass is 16.5. The zero-order valence-electron chi connectivity index (χ0n) is 18.7. The summed E-state index contributed by atoms with van der Waals surface area (Å²) >= 11 is 0. The highest BCUT2D eigenvalue weighted by Crippen LogP contribution is 2.32. The normalized spacial score (nSPS) is 22.3. The number of imide groups is 1. The van der Waals surface area contributed by atoms with Crippen molar-refractivity contribution in [1.29, 1.82) is 0 Å². The third-order valence-electron chi connectivity index (χ3n) is 6.78. The van der Waals surface area contributed by atoms with E-state index in [0.29, 0.717) is 18.9 Å². The van der Waals surface area contributed by atoms with Gasteiger partial charge in [0.15, 0.2) is 0 Å². The first-order valence-electron chi connectivity index (χ1n) is 11.4. The Hall–Kier alpha value is -3.39. The third kappa shape index (κ3) is 4.06. The number of hydrogen-bond acceptors (Lipinski definition) is 5. The van der Waals surface area contributed by atoms with E-state index < -0.39 is 23.4 Å². The van der Waals surface area contributed by atoms with E-state index in [1.165, 1.54) is 11.1 Å². The molecule has 3 aliphatic rings. The van der Waals surface area contributed by atoms with E-state index in [9.17, 15) is 14.4 Å². The largest absolute Gasteiger partial charge is 0.378 e. The van der Waals surface area contributed by atoms with E-state index in [1.54, 1.807) is 6.92 Å². The molecule has 33 heavy (non-hydrogen) atoms.